The minimum atomic E-state index is -0.113. The monoisotopic (exact) mass is 165 g/mol. The van der Waals surface area contributed by atoms with Crippen LogP contribution in [0.25, 0.3) is 0 Å². The van der Waals surface area contributed by atoms with E-state index in [1.165, 1.54) is 6.92 Å². The molecule has 0 saturated carbocycles. The average Bonchev–Trinajstić information content (AvgIpc) is 2.04. The molecule has 0 bridgehead atoms. The Balaban J connectivity index is 2.89. The minimum absolute atomic E-state index is 0.113. The standard InChI is InChI=1S/C8H11N3O/c1-6(12)11-7-3-2-4-10-8(7)5-9/h2-4H,5,9H2,1H3,(H,11,12). The Kier molecular flexibility index (Phi) is 2.76. The van der Waals surface area contributed by atoms with Gasteiger partial charge in [0.15, 0.2) is 0 Å². The summed E-state index contributed by atoms with van der Waals surface area (Å²) in [6.07, 6.45) is 1.65. The highest BCUT2D eigenvalue weighted by atomic mass is 16.1. The maximum Gasteiger partial charge on any atom is 0.221 e. The number of nitrogens with one attached hydrogen (secondary N) is 1. The molecule has 12 heavy (non-hydrogen) atoms. The predicted molar refractivity (Wildman–Crippen MR) is 46.4 cm³/mol. The van der Waals surface area contributed by atoms with Gasteiger partial charge in [0.1, 0.15) is 0 Å². The molecule has 1 aromatic heterocycles. The van der Waals surface area contributed by atoms with Crippen LogP contribution in [0, 0.1) is 0 Å². The van der Waals surface area contributed by atoms with Crippen LogP contribution in [0.5, 0.6) is 0 Å². The molecule has 4 nitrogen and oxygen atoms in total. The van der Waals surface area contributed by atoms with E-state index in [1.54, 1.807) is 18.3 Å². The molecule has 3 N–H and O–H groups in total. The molecule has 0 atom stereocenters. The summed E-state index contributed by atoms with van der Waals surface area (Å²) in [4.78, 5) is 14.7. The summed E-state index contributed by atoms with van der Waals surface area (Å²) in [6.45, 7) is 1.78. The maximum atomic E-state index is 10.7. The van der Waals surface area contributed by atoms with Crippen LogP contribution in [0.3, 0.4) is 0 Å². The van der Waals surface area contributed by atoms with Crippen molar-refractivity contribution in [2.45, 2.75) is 13.5 Å². The van der Waals surface area contributed by atoms with Gasteiger partial charge in [0.05, 0.1) is 11.4 Å². The third-order valence-electron chi connectivity index (χ3n) is 1.39. The number of hydrogen-bond donors (Lipinski definition) is 2. The molecule has 1 rings (SSSR count). The molecule has 0 spiro atoms. The first-order valence-electron chi connectivity index (χ1n) is 3.65. The molecule has 1 amide bonds. The van der Waals surface area contributed by atoms with Gasteiger partial charge in [-0.3, -0.25) is 9.78 Å². The highest BCUT2D eigenvalue weighted by molar-refractivity contribution is 5.89. The zero-order valence-electron chi connectivity index (χ0n) is 6.87. The molecule has 0 aliphatic rings. The van der Waals surface area contributed by atoms with Gasteiger partial charge in [-0.25, -0.2) is 0 Å². The Bertz CT molecular complexity index is 285. The number of rotatable bonds is 2. The van der Waals surface area contributed by atoms with Crippen molar-refractivity contribution in [2.24, 2.45) is 5.73 Å². The summed E-state index contributed by atoms with van der Waals surface area (Å²) in [5.74, 6) is -0.113. The molecule has 0 saturated heterocycles. The average molecular weight is 165 g/mol. The topological polar surface area (TPSA) is 68.0 Å². The third kappa shape index (κ3) is 2.03. The molecule has 4 heteroatoms. The number of aromatic nitrogens is 1. The second kappa shape index (κ2) is 3.82. The quantitative estimate of drug-likeness (QED) is 0.670. The van der Waals surface area contributed by atoms with Gasteiger partial charge >= 0.3 is 0 Å². The Morgan fingerprint density at radius 3 is 3.08 bits per heavy atom. The lowest BCUT2D eigenvalue weighted by atomic mass is 10.3. The first kappa shape index (κ1) is 8.67. The summed E-state index contributed by atoms with van der Waals surface area (Å²) >= 11 is 0. The number of nitrogens with two attached hydrogens (primary N) is 1. The smallest absolute Gasteiger partial charge is 0.221 e. The lowest BCUT2D eigenvalue weighted by molar-refractivity contribution is -0.114. The zero-order valence-corrected chi connectivity index (χ0v) is 6.87. The van der Waals surface area contributed by atoms with Crippen molar-refractivity contribution in [3.8, 4) is 0 Å². The number of pyridine rings is 1. The van der Waals surface area contributed by atoms with E-state index in [0.717, 1.165) is 0 Å². The van der Waals surface area contributed by atoms with Crippen molar-refractivity contribution in [2.75, 3.05) is 5.32 Å². The van der Waals surface area contributed by atoms with E-state index in [9.17, 15) is 4.79 Å². The van der Waals surface area contributed by atoms with E-state index < -0.39 is 0 Å². The number of nitrogens with zero attached hydrogens (tertiary/aromatic N) is 1. The van der Waals surface area contributed by atoms with Crippen molar-refractivity contribution in [1.29, 1.82) is 0 Å². The summed E-state index contributed by atoms with van der Waals surface area (Å²) in [5, 5.41) is 2.64. The highest BCUT2D eigenvalue weighted by Gasteiger charge is 2.01. The fraction of sp³-hybridized carbons (Fsp3) is 0.250. The number of carbonyl (C=O) groups is 1. The largest absolute Gasteiger partial charge is 0.325 e. The zero-order chi connectivity index (χ0) is 8.97. The van der Waals surface area contributed by atoms with Gasteiger partial charge in [-0.15, -0.1) is 0 Å². The Hall–Kier alpha value is -1.42. The molecule has 1 heterocycles. The van der Waals surface area contributed by atoms with Crippen LogP contribution in [0.2, 0.25) is 0 Å². The van der Waals surface area contributed by atoms with Crippen LogP contribution >= 0.6 is 0 Å². The third-order valence-corrected chi connectivity index (χ3v) is 1.39. The van der Waals surface area contributed by atoms with Gasteiger partial charge in [-0.1, -0.05) is 0 Å². The van der Waals surface area contributed by atoms with Crippen molar-refractivity contribution >= 4 is 11.6 Å². The van der Waals surface area contributed by atoms with Crippen molar-refractivity contribution in [3.05, 3.63) is 24.0 Å². The molecule has 1 aromatic rings. The number of amides is 1. The van der Waals surface area contributed by atoms with Crippen LogP contribution in [-0.2, 0) is 11.3 Å². The summed E-state index contributed by atoms with van der Waals surface area (Å²) in [5.41, 5.74) is 6.80. The van der Waals surface area contributed by atoms with E-state index in [1.807, 2.05) is 0 Å². The highest BCUT2D eigenvalue weighted by Crippen LogP contribution is 2.10. The normalized spacial score (nSPS) is 9.50. The van der Waals surface area contributed by atoms with Gasteiger partial charge in [0, 0.05) is 19.7 Å². The fourth-order valence-electron chi connectivity index (χ4n) is 0.904. The maximum absolute atomic E-state index is 10.7. The molecular weight excluding hydrogens is 154 g/mol. The predicted octanol–water partition coefficient (Wildman–Crippen LogP) is 0.499. The molecule has 64 valence electrons. The van der Waals surface area contributed by atoms with Crippen LogP contribution in [0.4, 0.5) is 5.69 Å². The van der Waals surface area contributed by atoms with Gasteiger partial charge in [-0.2, -0.15) is 0 Å². The molecule has 0 aliphatic heterocycles. The van der Waals surface area contributed by atoms with Gasteiger partial charge in [0.25, 0.3) is 0 Å². The molecule has 0 aromatic carbocycles. The Morgan fingerprint density at radius 1 is 1.75 bits per heavy atom. The summed E-state index contributed by atoms with van der Waals surface area (Å²) in [6, 6.07) is 3.53. The molecular formula is C8H11N3O. The first-order chi connectivity index (χ1) is 5.74. The Labute approximate surface area is 70.8 Å². The molecule has 0 aliphatic carbocycles. The van der Waals surface area contributed by atoms with E-state index in [0.29, 0.717) is 17.9 Å². The molecule has 0 radical (unpaired) electrons. The minimum Gasteiger partial charge on any atom is -0.325 e. The number of hydrogen-bond acceptors (Lipinski definition) is 3. The van der Waals surface area contributed by atoms with Crippen LogP contribution < -0.4 is 11.1 Å². The lowest BCUT2D eigenvalue weighted by Gasteiger charge is -2.05. The van der Waals surface area contributed by atoms with E-state index >= 15 is 0 Å². The number of anilines is 1. The first-order valence-corrected chi connectivity index (χ1v) is 3.65. The second-order valence-electron chi connectivity index (χ2n) is 2.38. The summed E-state index contributed by atoms with van der Waals surface area (Å²) in [7, 11) is 0. The van der Waals surface area contributed by atoms with Crippen molar-refractivity contribution in [3.63, 3.8) is 0 Å². The second-order valence-corrected chi connectivity index (χ2v) is 2.38. The number of carbonyl (C=O) groups excluding carboxylic acids is 1. The summed E-state index contributed by atoms with van der Waals surface area (Å²) < 4.78 is 0. The van der Waals surface area contributed by atoms with Gasteiger partial charge in [0.2, 0.25) is 5.91 Å². The lowest BCUT2D eigenvalue weighted by Crippen LogP contribution is -2.11. The van der Waals surface area contributed by atoms with E-state index in [4.69, 9.17) is 5.73 Å². The van der Waals surface area contributed by atoms with Crippen LogP contribution in [-0.4, -0.2) is 10.9 Å². The van der Waals surface area contributed by atoms with Crippen LogP contribution in [0.15, 0.2) is 18.3 Å². The van der Waals surface area contributed by atoms with Gasteiger partial charge < -0.3 is 11.1 Å². The van der Waals surface area contributed by atoms with Gasteiger partial charge in [-0.05, 0) is 12.1 Å². The molecule has 0 unspecified atom stereocenters. The van der Waals surface area contributed by atoms with Crippen molar-refractivity contribution in [1.82, 2.24) is 4.98 Å². The van der Waals surface area contributed by atoms with E-state index in [-0.39, 0.29) is 5.91 Å². The Morgan fingerprint density at radius 2 is 2.50 bits per heavy atom. The molecule has 0 fully saturated rings. The van der Waals surface area contributed by atoms with E-state index in [2.05, 4.69) is 10.3 Å². The fourth-order valence-corrected chi connectivity index (χ4v) is 0.904. The SMILES string of the molecule is CC(=O)Nc1cccnc1CN. The van der Waals surface area contributed by atoms with Crippen LogP contribution in [0.1, 0.15) is 12.6 Å². The van der Waals surface area contributed by atoms with Crippen molar-refractivity contribution < 1.29 is 4.79 Å².